The van der Waals surface area contributed by atoms with Crippen molar-refractivity contribution < 1.29 is 0 Å². The van der Waals surface area contributed by atoms with Gasteiger partial charge in [-0.2, -0.15) is 0 Å². The predicted octanol–water partition coefficient (Wildman–Crippen LogP) is 7.62. The molecule has 6 rings (SSSR count). The number of benzene rings is 5. The van der Waals surface area contributed by atoms with Crippen LogP contribution >= 0.6 is 0 Å². The first kappa shape index (κ1) is 17.9. The van der Waals surface area contributed by atoms with E-state index in [2.05, 4.69) is 115 Å². The molecule has 0 aliphatic heterocycles. The van der Waals surface area contributed by atoms with Gasteiger partial charge in [0.25, 0.3) is 0 Å². The van der Waals surface area contributed by atoms with Crippen LogP contribution in [0.5, 0.6) is 0 Å². The Bertz CT molecular complexity index is 1590. The molecule has 148 valence electrons. The molecule has 5 aromatic carbocycles. The molecule has 0 spiro atoms. The van der Waals surface area contributed by atoms with E-state index in [1.54, 1.807) is 0 Å². The van der Waals surface area contributed by atoms with Crippen molar-refractivity contribution >= 4 is 32.6 Å². The highest BCUT2D eigenvalue weighted by atomic mass is 15.1. The molecule has 1 heterocycles. The third kappa shape index (κ3) is 2.69. The molecule has 0 aliphatic carbocycles. The second kappa shape index (κ2) is 6.82. The summed E-state index contributed by atoms with van der Waals surface area (Å²) in [4.78, 5) is 5.25. The highest BCUT2D eigenvalue weighted by molar-refractivity contribution is 6.24. The van der Waals surface area contributed by atoms with Gasteiger partial charge in [0.1, 0.15) is 5.82 Å². The Morgan fingerprint density at radius 3 is 1.90 bits per heavy atom. The van der Waals surface area contributed by atoms with Crippen LogP contribution in [0.2, 0.25) is 0 Å². The molecule has 0 saturated heterocycles. The van der Waals surface area contributed by atoms with Crippen LogP contribution in [0.15, 0.2) is 97.1 Å². The predicted molar refractivity (Wildman–Crippen MR) is 131 cm³/mol. The van der Waals surface area contributed by atoms with Crippen molar-refractivity contribution in [3.8, 4) is 17.1 Å². The van der Waals surface area contributed by atoms with E-state index in [-0.39, 0.29) is 0 Å². The lowest BCUT2D eigenvalue weighted by Gasteiger charge is -2.14. The molecular formula is C29H22N2. The third-order valence-electron chi connectivity index (χ3n) is 6.31. The lowest BCUT2D eigenvalue weighted by Crippen LogP contribution is -1.99. The zero-order chi connectivity index (χ0) is 20.9. The minimum atomic E-state index is 0.973. The number of nitrogens with zero attached hydrogens (tertiary/aromatic N) is 2. The maximum absolute atomic E-state index is 5.25. The van der Waals surface area contributed by atoms with Gasteiger partial charge < -0.3 is 0 Å². The maximum atomic E-state index is 5.25. The van der Waals surface area contributed by atoms with E-state index >= 15 is 0 Å². The van der Waals surface area contributed by atoms with Crippen LogP contribution in [0.3, 0.4) is 0 Å². The number of imidazole rings is 1. The molecule has 0 N–H and O–H groups in total. The van der Waals surface area contributed by atoms with Gasteiger partial charge in [0.2, 0.25) is 0 Å². The van der Waals surface area contributed by atoms with Crippen molar-refractivity contribution in [2.24, 2.45) is 0 Å². The van der Waals surface area contributed by atoms with E-state index in [1.165, 1.54) is 32.7 Å². The van der Waals surface area contributed by atoms with Gasteiger partial charge in [-0.3, -0.25) is 4.57 Å². The smallest absolute Gasteiger partial charge is 0.145 e. The van der Waals surface area contributed by atoms with E-state index in [9.17, 15) is 0 Å². The molecule has 0 aliphatic rings. The average molecular weight is 399 g/mol. The molecule has 31 heavy (non-hydrogen) atoms. The Hall–Kier alpha value is -3.91. The summed E-state index contributed by atoms with van der Waals surface area (Å²) in [6.07, 6.45) is 0. The second-order valence-electron chi connectivity index (χ2n) is 8.19. The quantitative estimate of drug-likeness (QED) is 0.274. The second-order valence-corrected chi connectivity index (χ2v) is 8.19. The maximum Gasteiger partial charge on any atom is 0.145 e. The topological polar surface area (TPSA) is 17.8 Å². The number of aromatic nitrogens is 2. The third-order valence-corrected chi connectivity index (χ3v) is 6.31. The number of aryl methyl sites for hydroxylation is 2. The van der Waals surface area contributed by atoms with Gasteiger partial charge in [-0.25, -0.2) is 4.98 Å². The minimum absolute atomic E-state index is 0.973. The van der Waals surface area contributed by atoms with Crippen molar-refractivity contribution in [1.82, 2.24) is 9.55 Å². The van der Waals surface area contributed by atoms with Crippen molar-refractivity contribution in [2.75, 3.05) is 0 Å². The molecule has 0 atom stereocenters. The molecule has 0 saturated carbocycles. The normalized spacial score (nSPS) is 11.5. The van der Waals surface area contributed by atoms with E-state index < -0.39 is 0 Å². The number of hydrogen-bond acceptors (Lipinski definition) is 1. The van der Waals surface area contributed by atoms with E-state index in [1.807, 2.05) is 0 Å². The van der Waals surface area contributed by atoms with Gasteiger partial charge in [-0.15, -0.1) is 0 Å². The largest absolute Gasteiger partial charge is 0.292 e. The van der Waals surface area contributed by atoms with Crippen LogP contribution in [-0.2, 0) is 0 Å². The average Bonchev–Trinajstić information content (AvgIpc) is 3.23. The molecule has 0 amide bonds. The molecule has 0 unspecified atom stereocenters. The molecule has 0 bridgehead atoms. The summed E-state index contributed by atoms with van der Waals surface area (Å²) in [6.45, 7) is 4.33. The standard InChI is InChI=1S/C29H22N2/c1-19-16-17-22(18-20(19)2)31-28-26-15-9-7-13-24(26)23-12-6-8-14-25(23)27(28)30-29(31)21-10-4-3-5-11-21/h3-18H,1-2H3. The molecule has 0 fully saturated rings. The number of fused-ring (bicyclic) bond motifs is 6. The zero-order valence-corrected chi connectivity index (χ0v) is 17.6. The first-order valence-corrected chi connectivity index (χ1v) is 10.7. The van der Waals surface area contributed by atoms with E-state index in [4.69, 9.17) is 4.98 Å². The first-order valence-electron chi connectivity index (χ1n) is 10.7. The Morgan fingerprint density at radius 2 is 1.19 bits per heavy atom. The summed E-state index contributed by atoms with van der Waals surface area (Å²) in [5.41, 5.74) is 7.05. The monoisotopic (exact) mass is 398 g/mol. The molecule has 6 aromatic rings. The van der Waals surface area contributed by atoms with E-state index in [0.717, 1.165) is 28.1 Å². The Balaban J connectivity index is 1.87. The molecule has 1 aromatic heterocycles. The van der Waals surface area contributed by atoms with Crippen LogP contribution in [0.4, 0.5) is 0 Å². The lowest BCUT2D eigenvalue weighted by atomic mass is 10.00. The van der Waals surface area contributed by atoms with Crippen LogP contribution in [0.1, 0.15) is 11.1 Å². The van der Waals surface area contributed by atoms with Crippen LogP contribution in [0, 0.1) is 13.8 Å². The Labute approximate surface area is 181 Å². The number of hydrogen-bond donors (Lipinski definition) is 0. The highest BCUT2D eigenvalue weighted by Gasteiger charge is 2.19. The summed E-state index contributed by atoms with van der Waals surface area (Å²) in [7, 11) is 0. The van der Waals surface area contributed by atoms with Crippen molar-refractivity contribution in [3.63, 3.8) is 0 Å². The van der Waals surface area contributed by atoms with Gasteiger partial charge in [0.05, 0.1) is 11.0 Å². The van der Waals surface area contributed by atoms with Gasteiger partial charge in [-0.1, -0.05) is 84.9 Å². The first-order chi connectivity index (χ1) is 15.2. The summed E-state index contributed by atoms with van der Waals surface area (Å²) < 4.78 is 2.34. The Kier molecular flexibility index (Phi) is 3.94. The summed E-state index contributed by atoms with van der Waals surface area (Å²) in [6, 6.07) is 34.5. The SMILES string of the molecule is Cc1ccc(-n2c(-c3ccccc3)nc3c4ccccc4c4ccccc4c32)cc1C. The van der Waals surface area contributed by atoms with Gasteiger partial charge in [0, 0.05) is 22.0 Å². The number of rotatable bonds is 2. The minimum Gasteiger partial charge on any atom is -0.292 e. The molecule has 2 heteroatoms. The van der Waals surface area contributed by atoms with Crippen molar-refractivity contribution in [2.45, 2.75) is 13.8 Å². The summed E-state index contributed by atoms with van der Waals surface area (Å²) in [5, 5.41) is 4.92. The van der Waals surface area contributed by atoms with Crippen molar-refractivity contribution in [1.29, 1.82) is 0 Å². The Morgan fingerprint density at radius 1 is 0.581 bits per heavy atom. The van der Waals surface area contributed by atoms with Crippen LogP contribution in [0.25, 0.3) is 49.7 Å². The van der Waals surface area contributed by atoms with Crippen LogP contribution < -0.4 is 0 Å². The molecule has 2 nitrogen and oxygen atoms in total. The van der Waals surface area contributed by atoms with Gasteiger partial charge in [0.15, 0.2) is 0 Å². The fraction of sp³-hybridized carbons (Fsp3) is 0.0690. The molecule has 0 radical (unpaired) electrons. The zero-order valence-electron chi connectivity index (χ0n) is 17.6. The van der Waals surface area contributed by atoms with Gasteiger partial charge >= 0.3 is 0 Å². The summed E-state index contributed by atoms with van der Waals surface area (Å²) >= 11 is 0. The fourth-order valence-electron chi connectivity index (χ4n) is 4.60. The fourth-order valence-corrected chi connectivity index (χ4v) is 4.60. The van der Waals surface area contributed by atoms with Crippen molar-refractivity contribution in [3.05, 3.63) is 108 Å². The van der Waals surface area contributed by atoms with Gasteiger partial charge in [-0.05, 0) is 47.9 Å². The lowest BCUT2D eigenvalue weighted by molar-refractivity contribution is 1.10. The van der Waals surface area contributed by atoms with E-state index in [0.29, 0.717) is 0 Å². The molecular weight excluding hydrogens is 376 g/mol. The summed E-state index contributed by atoms with van der Waals surface area (Å²) in [5.74, 6) is 0.973. The van der Waals surface area contributed by atoms with Crippen LogP contribution in [-0.4, -0.2) is 9.55 Å². The highest BCUT2D eigenvalue weighted by Crippen LogP contribution is 2.39.